The van der Waals surface area contributed by atoms with Crippen molar-refractivity contribution in [1.29, 1.82) is 0 Å². The summed E-state index contributed by atoms with van der Waals surface area (Å²) in [6, 6.07) is 5.82. The highest BCUT2D eigenvalue weighted by Crippen LogP contribution is 2.10. The number of aliphatic hydroxyl groups excluding tert-OH is 1. The number of benzene rings is 1. The first kappa shape index (κ1) is 13.1. The van der Waals surface area contributed by atoms with Gasteiger partial charge in [0.05, 0.1) is 11.5 Å². The summed E-state index contributed by atoms with van der Waals surface area (Å²) in [6.07, 6.45) is 0. The molecule has 0 aliphatic rings. The molecule has 6 heteroatoms. The molecule has 0 fully saturated rings. The van der Waals surface area contributed by atoms with Crippen LogP contribution < -0.4 is 10.5 Å². The second-order valence-electron chi connectivity index (χ2n) is 3.55. The Morgan fingerprint density at radius 3 is 2.38 bits per heavy atom. The minimum absolute atomic E-state index is 0.171. The summed E-state index contributed by atoms with van der Waals surface area (Å²) in [4.78, 5) is 0.171. The molecule has 1 atom stereocenters. The second-order valence-corrected chi connectivity index (χ2v) is 5.27. The quantitative estimate of drug-likeness (QED) is 0.669. The Kier molecular flexibility index (Phi) is 4.43. The zero-order chi connectivity index (χ0) is 12.2. The summed E-state index contributed by atoms with van der Waals surface area (Å²) in [5.41, 5.74) is 6.28. The molecular weight excluding hydrogens is 228 g/mol. The first-order valence-corrected chi connectivity index (χ1v) is 6.40. The second kappa shape index (κ2) is 5.40. The third-order valence-electron chi connectivity index (χ3n) is 2.10. The largest absolute Gasteiger partial charge is 0.395 e. The van der Waals surface area contributed by atoms with Crippen LogP contribution in [-0.2, 0) is 16.6 Å². The van der Waals surface area contributed by atoms with E-state index in [2.05, 4.69) is 4.72 Å². The van der Waals surface area contributed by atoms with Gasteiger partial charge in [-0.3, -0.25) is 0 Å². The molecule has 0 aromatic heterocycles. The van der Waals surface area contributed by atoms with E-state index in [0.29, 0.717) is 6.54 Å². The van der Waals surface area contributed by atoms with Gasteiger partial charge < -0.3 is 10.8 Å². The molecule has 0 radical (unpaired) electrons. The van der Waals surface area contributed by atoms with Crippen molar-refractivity contribution in [2.75, 3.05) is 6.61 Å². The fourth-order valence-electron chi connectivity index (χ4n) is 1.17. The van der Waals surface area contributed by atoms with Crippen LogP contribution in [0.4, 0.5) is 0 Å². The third kappa shape index (κ3) is 3.28. The van der Waals surface area contributed by atoms with Crippen LogP contribution in [0, 0.1) is 0 Å². The number of sulfonamides is 1. The van der Waals surface area contributed by atoms with E-state index < -0.39 is 16.1 Å². The molecule has 0 heterocycles. The number of hydrogen-bond donors (Lipinski definition) is 3. The van der Waals surface area contributed by atoms with Gasteiger partial charge in [0.25, 0.3) is 0 Å². The van der Waals surface area contributed by atoms with Gasteiger partial charge in [0.2, 0.25) is 10.0 Å². The van der Waals surface area contributed by atoms with Gasteiger partial charge in [0.15, 0.2) is 0 Å². The number of aliphatic hydroxyl groups is 1. The van der Waals surface area contributed by atoms with Crippen molar-refractivity contribution in [1.82, 2.24) is 4.72 Å². The topological polar surface area (TPSA) is 92.4 Å². The van der Waals surface area contributed by atoms with E-state index in [1.807, 2.05) is 0 Å². The van der Waals surface area contributed by atoms with E-state index in [-0.39, 0.29) is 11.5 Å². The van der Waals surface area contributed by atoms with Gasteiger partial charge in [-0.15, -0.1) is 0 Å². The van der Waals surface area contributed by atoms with E-state index in [0.717, 1.165) is 5.56 Å². The van der Waals surface area contributed by atoms with Gasteiger partial charge in [0, 0.05) is 12.6 Å². The lowest BCUT2D eigenvalue weighted by Crippen LogP contribution is -2.34. The Morgan fingerprint density at radius 1 is 1.38 bits per heavy atom. The van der Waals surface area contributed by atoms with E-state index >= 15 is 0 Å². The standard InChI is InChI=1S/C10H16N2O3S/c1-8(7-13)12-16(14,15)10-4-2-9(6-11)3-5-10/h2-5,8,12-13H,6-7,11H2,1H3/t8-/m1/s1. The molecule has 0 saturated heterocycles. The third-order valence-corrected chi connectivity index (χ3v) is 3.70. The molecule has 1 rings (SSSR count). The highest BCUT2D eigenvalue weighted by Gasteiger charge is 2.16. The predicted molar refractivity (Wildman–Crippen MR) is 61.2 cm³/mol. The summed E-state index contributed by atoms with van der Waals surface area (Å²) < 4.78 is 25.8. The molecule has 16 heavy (non-hydrogen) atoms. The molecule has 1 aromatic carbocycles. The van der Waals surface area contributed by atoms with Crippen LogP contribution in [0.2, 0.25) is 0 Å². The van der Waals surface area contributed by atoms with Gasteiger partial charge in [-0.2, -0.15) is 0 Å². The van der Waals surface area contributed by atoms with Gasteiger partial charge in [-0.1, -0.05) is 12.1 Å². The fourth-order valence-corrected chi connectivity index (χ4v) is 2.41. The van der Waals surface area contributed by atoms with E-state index in [9.17, 15) is 8.42 Å². The molecule has 4 N–H and O–H groups in total. The van der Waals surface area contributed by atoms with Crippen LogP contribution >= 0.6 is 0 Å². The molecule has 0 spiro atoms. The van der Waals surface area contributed by atoms with Crippen LogP contribution in [0.5, 0.6) is 0 Å². The summed E-state index contributed by atoms with van der Waals surface area (Å²) in [6.45, 7) is 1.73. The summed E-state index contributed by atoms with van der Waals surface area (Å²) in [5, 5.41) is 8.78. The minimum Gasteiger partial charge on any atom is -0.395 e. The van der Waals surface area contributed by atoms with Crippen molar-refractivity contribution in [3.63, 3.8) is 0 Å². The number of nitrogens with two attached hydrogens (primary N) is 1. The molecule has 0 unspecified atom stereocenters. The van der Waals surface area contributed by atoms with Crippen molar-refractivity contribution >= 4 is 10.0 Å². The van der Waals surface area contributed by atoms with Crippen molar-refractivity contribution in [3.05, 3.63) is 29.8 Å². The van der Waals surface area contributed by atoms with E-state index in [1.165, 1.54) is 12.1 Å². The summed E-state index contributed by atoms with van der Waals surface area (Å²) >= 11 is 0. The first-order valence-electron chi connectivity index (χ1n) is 4.92. The Bertz CT molecular complexity index is 428. The van der Waals surface area contributed by atoms with Crippen LogP contribution in [0.15, 0.2) is 29.2 Å². The van der Waals surface area contributed by atoms with Crippen LogP contribution in [0.25, 0.3) is 0 Å². The Balaban J connectivity index is 2.90. The smallest absolute Gasteiger partial charge is 0.240 e. The first-order chi connectivity index (χ1) is 7.49. The van der Waals surface area contributed by atoms with Crippen LogP contribution in [0.1, 0.15) is 12.5 Å². The Morgan fingerprint density at radius 2 is 1.94 bits per heavy atom. The van der Waals surface area contributed by atoms with E-state index in [1.54, 1.807) is 19.1 Å². The van der Waals surface area contributed by atoms with Crippen LogP contribution in [-0.4, -0.2) is 26.2 Å². The Hall–Kier alpha value is -0.950. The lowest BCUT2D eigenvalue weighted by atomic mass is 10.2. The summed E-state index contributed by atoms with van der Waals surface area (Å²) in [5.74, 6) is 0. The number of rotatable bonds is 5. The highest BCUT2D eigenvalue weighted by molar-refractivity contribution is 7.89. The average molecular weight is 244 g/mol. The van der Waals surface area contributed by atoms with Crippen molar-refractivity contribution in [2.24, 2.45) is 5.73 Å². The molecule has 5 nitrogen and oxygen atoms in total. The molecule has 1 aromatic rings. The lowest BCUT2D eigenvalue weighted by Gasteiger charge is -2.11. The minimum atomic E-state index is -3.55. The fraction of sp³-hybridized carbons (Fsp3) is 0.400. The van der Waals surface area contributed by atoms with Gasteiger partial charge in [-0.25, -0.2) is 13.1 Å². The molecule has 90 valence electrons. The van der Waals surface area contributed by atoms with E-state index in [4.69, 9.17) is 10.8 Å². The average Bonchev–Trinajstić information content (AvgIpc) is 2.28. The maximum atomic E-state index is 11.7. The van der Waals surface area contributed by atoms with Crippen molar-refractivity contribution in [3.8, 4) is 0 Å². The van der Waals surface area contributed by atoms with Crippen molar-refractivity contribution < 1.29 is 13.5 Å². The predicted octanol–water partition coefficient (Wildman–Crippen LogP) is -0.196. The maximum absolute atomic E-state index is 11.7. The van der Waals surface area contributed by atoms with Gasteiger partial charge in [0.1, 0.15) is 0 Å². The zero-order valence-corrected chi connectivity index (χ0v) is 9.87. The monoisotopic (exact) mass is 244 g/mol. The molecule has 0 amide bonds. The summed E-state index contributed by atoms with van der Waals surface area (Å²) in [7, 11) is -3.55. The Labute approximate surface area is 95.3 Å². The molecule has 0 aliphatic heterocycles. The van der Waals surface area contributed by atoms with Crippen LogP contribution in [0.3, 0.4) is 0 Å². The molecule has 0 aliphatic carbocycles. The van der Waals surface area contributed by atoms with Gasteiger partial charge >= 0.3 is 0 Å². The zero-order valence-electron chi connectivity index (χ0n) is 9.05. The molecule has 0 bridgehead atoms. The number of nitrogens with one attached hydrogen (secondary N) is 1. The van der Waals surface area contributed by atoms with Gasteiger partial charge in [-0.05, 0) is 24.6 Å². The molecule has 0 saturated carbocycles. The highest BCUT2D eigenvalue weighted by atomic mass is 32.2. The maximum Gasteiger partial charge on any atom is 0.240 e. The lowest BCUT2D eigenvalue weighted by molar-refractivity contribution is 0.265. The SMILES string of the molecule is C[C@H](CO)NS(=O)(=O)c1ccc(CN)cc1. The molecular formula is C10H16N2O3S. The number of hydrogen-bond acceptors (Lipinski definition) is 4. The van der Waals surface area contributed by atoms with Crippen molar-refractivity contribution in [2.45, 2.75) is 24.4 Å². The normalized spacial score (nSPS) is 13.7.